The Morgan fingerprint density at radius 1 is 1.03 bits per heavy atom. The van der Waals surface area contributed by atoms with E-state index >= 15 is 0 Å². The Morgan fingerprint density at radius 2 is 1.71 bits per heavy atom. The number of nitrogens with one attached hydrogen (secondary N) is 1. The van der Waals surface area contributed by atoms with Crippen LogP contribution in [0.25, 0.3) is 11.1 Å². The van der Waals surface area contributed by atoms with Crippen LogP contribution in [0.3, 0.4) is 0 Å². The van der Waals surface area contributed by atoms with Gasteiger partial charge in [0.25, 0.3) is 0 Å². The number of nitrogens with zero attached hydrogens (tertiary/aromatic N) is 1. The van der Waals surface area contributed by atoms with Crippen molar-refractivity contribution in [2.45, 2.75) is 42.9 Å². The van der Waals surface area contributed by atoms with Crippen molar-refractivity contribution in [1.29, 1.82) is 0 Å². The maximum absolute atomic E-state index is 12.7. The standard InChI is InChI=1S/C27H30N2O5S/c30-25(29-11-12-35-24(15-29)26(31)32)14-17-9-10-18(13-17)28-27(33)34-16-23-21-7-3-1-5-19(21)20-6-2-4-8-22(20)23/h1-8,17-18,23-24H,9-16H2,(H,28,33)(H,31,32). The van der Waals surface area contributed by atoms with E-state index in [4.69, 9.17) is 4.74 Å². The monoisotopic (exact) mass is 494 g/mol. The van der Waals surface area contributed by atoms with Gasteiger partial charge in [-0.05, 0) is 47.4 Å². The van der Waals surface area contributed by atoms with Gasteiger partial charge in [-0.25, -0.2) is 4.79 Å². The van der Waals surface area contributed by atoms with E-state index in [0.717, 1.165) is 19.3 Å². The first-order valence-electron chi connectivity index (χ1n) is 12.2. The van der Waals surface area contributed by atoms with Crippen LogP contribution in [-0.2, 0) is 14.3 Å². The molecule has 2 aromatic carbocycles. The minimum Gasteiger partial charge on any atom is -0.480 e. The van der Waals surface area contributed by atoms with Crippen LogP contribution in [0.1, 0.15) is 42.7 Å². The van der Waals surface area contributed by atoms with E-state index in [-0.39, 0.29) is 36.9 Å². The van der Waals surface area contributed by atoms with Crippen molar-refractivity contribution >= 4 is 29.7 Å². The van der Waals surface area contributed by atoms with Crippen LogP contribution in [0.4, 0.5) is 4.79 Å². The fourth-order valence-corrected chi connectivity index (χ4v) is 6.64. The van der Waals surface area contributed by atoms with Gasteiger partial charge in [0.2, 0.25) is 5.91 Å². The predicted octanol–water partition coefficient (Wildman–Crippen LogP) is 4.11. The summed E-state index contributed by atoms with van der Waals surface area (Å²) in [4.78, 5) is 38.2. The number of ether oxygens (including phenoxy) is 1. The quantitative estimate of drug-likeness (QED) is 0.628. The van der Waals surface area contributed by atoms with Crippen molar-refractivity contribution in [1.82, 2.24) is 10.2 Å². The molecule has 1 saturated heterocycles. The topological polar surface area (TPSA) is 95.9 Å². The second kappa shape index (κ2) is 10.3. The highest BCUT2D eigenvalue weighted by Crippen LogP contribution is 2.44. The molecule has 2 aliphatic carbocycles. The van der Waals surface area contributed by atoms with Crippen LogP contribution in [-0.4, -0.2) is 64.7 Å². The van der Waals surface area contributed by atoms with Crippen LogP contribution >= 0.6 is 11.8 Å². The molecule has 5 rings (SSSR count). The molecule has 184 valence electrons. The van der Waals surface area contributed by atoms with Gasteiger partial charge in [-0.15, -0.1) is 11.8 Å². The summed E-state index contributed by atoms with van der Waals surface area (Å²) < 4.78 is 5.66. The number of amides is 2. The van der Waals surface area contributed by atoms with E-state index in [1.807, 2.05) is 24.3 Å². The summed E-state index contributed by atoms with van der Waals surface area (Å²) in [5.74, 6) is 0.0297. The molecular formula is C27H30N2O5S. The van der Waals surface area contributed by atoms with Crippen molar-refractivity contribution in [3.8, 4) is 11.1 Å². The molecule has 1 saturated carbocycles. The molecule has 3 atom stereocenters. The minimum atomic E-state index is -0.860. The number of carbonyl (C=O) groups is 3. The van der Waals surface area contributed by atoms with Crippen molar-refractivity contribution in [2.75, 3.05) is 25.4 Å². The second-order valence-electron chi connectivity index (χ2n) is 9.59. The lowest BCUT2D eigenvalue weighted by Gasteiger charge is -2.31. The number of carboxylic acid groups (broad SMARTS) is 1. The van der Waals surface area contributed by atoms with Crippen LogP contribution in [0.5, 0.6) is 0 Å². The summed E-state index contributed by atoms with van der Waals surface area (Å²) in [6.07, 6.45) is 2.41. The average molecular weight is 495 g/mol. The highest BCUT2D eigenvalue weighted by atomic mass is 32.2. The second-order valence-corrected chi connectivity index (χ2v) is 10.9. The SMILES string of the molecule is O=C(NC1CCC(CC(=O)N2CCSC(C(=O)O)C2)C1)OCC1c2ccccc2-c2ccccc21. The molecule has 1 aliphatic heterocycles. The maximum Gasteiger partial charge on any atom is 0.407 e. The van der Waals surface area contributed by atoms with Gasteiger partial charge < -0.3 is 20.1 Å². The zero-order valence-electron chi connectivity index (χ0n) is 19.5. The molecule has 3 aliphatic rings. The summed E-state index contributed by atoms with van der Waals surface area (Å²) in [6.45, 7) is 1.15. The molecule has 7 nitrogen and oxygen atoms in total. The first-order valence-corrected chi connectivity index (χ1v) is 13.3. The van der Waals surface area contributed by atoms with Crippen molar-refractivity contribution in [3.63, 3.8) is 0 Å². The number of hydrogen-bond acceptors (Lipinski definition) is 5. The Bertz CT molecular complexity index is 1080. The number of thioether (sulfide) groups is 1. The molecule has 0 radical (unpaired) electrons. The fourth-order valence-electron chi connectivity index (χ4n) is 5.60. The molecular weight excluding hydrogens is 464 g/mol. The molecule has 2 aromatic rings. The van der Waals surface area contributed by atoms with Crippen molar-refractivity contribution in [3.05, 3.63) is 59.7 Å². The molecule has 35 heavy (non-hydrogen) atoms. The van der Waals surface area contributed by atoms with E-state index in [2.05, 4.69) is 29.6 Å². The van der Waals surface area contributed by atoms with Gasteiger partial charge in [0.1, 0.15) is 11.9 Å². The van der Waals surface area contributed by atoms with Crippen molar-refractivity contribution < 1.29 is 24.2 Å². The lowest BCUT2D eigenvalue weighted by molar-refractivity contribution is -0.138. The number of hydrogen-bond donors (Lipinski definition) is 2. The molecule has 0 spiro atoms. The fraction of sp³-hybridized carbons (Fsp3) is 0.444. The maximum atomic E-state index is 12.7. The van der Waals surface area contributed by atoms with Gasteiger partial charge >= 0.3 is 12.1 Å². The summed E-state index contributed by atoms with van der Waals surface area (Å²) in [5.41, 5.74) is 4.76. The first-order chi connectivity index (χ1) is 17.0. The third kappa shape index (κ3) is 5.17. The summed E-state index contributed by atoms with van der Waals surface area (Å²) >= 11 is 1.39. The highest BCUT2D eigenvalue weighted by molar-refractivity contribution is 8.00. The molecule has 0 aromatic heterocycles. The number of carboxylic acids is 1. The number of carbonyl (C=O) groups excluding carboxylic acids is 2. The molecule has 3 unspecified atom stereocenters. The minimum absolute atomic E-state index is 0.00729. The summed E-state index contributed by atoms with van der Waals surface area (Å²) in [5, 5.41) is 11.7. The van der Waals surface area contributed by atoms with Gasteiger partial charge in [-0.3, -0.25) is 9.59 Å². The number of fused-ring (bicyclic) bond motifs is 3. The first kappa shape index (κ1) is 23.7. The van der Waals surface area contributed by atoms with E-state index in [9.17, 15) is 19.5 Å². The average Bonchev–Trinajstić information content (AvgIpc) is 3.44. The van der Waals surface area contributed by atoms with Gasteiger partial charge in [-0.1, -0.05) is 48.5 Å². The van der Waals surface area contributed by atoms with E-state index in [1.54, 1.807) is 4.90 Å². The van der Waals surface area contributed by atoms with Gasteiger partial charge in [0.05, 0.1) is 0 Å². The Balaban J connectivity index is 1.10. The normalized spacial score (nSPS) is 23.4. The molecule has 2 amide bonds. The largest absolute Gasteiger partial charge is 0.480 e. The van der Waals surface area contributed by atoms with E-state index < -0.39 is 17.3 Å². The van der Waals surface area contributed by atoms with Gasteiger partial charge in [0, 0.05) is 37.2 Å². The molecule has 2 fully saturated rings. The van der Waals surface area contributed by atoms with Crippen LogP contribution in [0.2, 0.25) is 0 Å². The number of rotatable bonds is 6. The van der Waals surface area contributed by atoms with Crippen LogP contribution < -0.4 is 5.32 Å². The number of alkyl carbamates (subject to hydrolysis) is 1. The van der Waals surface area contributed by atoms with E-state index in [0.29, 0.717) is 18.7 Å². The smallest absolute Gasteiger partial charge is 0.407 e. The summed E-state index contributed by atoms with van der Waals surface area (Å²) in [7, 11) is 0. The summed E-state index contributed by atoms with van der Waals surface area (Å²) in [6, 6.07) is 16.5. The number of benzene rings is 2. The Kier molecular flexibility index (Phi) is 7.00. The Labute approximate surface area is 209 Å². The van der Waals surface area contributed by atoms with Crippen LogP contribution in [0, 0.1) is 5.92 Å². The van der Waals surface area contributed by atoms with E-state index in [1.165, 1.54) is 34.0 Å². The third-order valence-corrected chi connectivity index (χ3v) is 8.54. The number of aliphatic carboxylic acids is 1. The zero-order valence-corrected chi connectivity index (χ0v) is 20.3. The lowest BCUT2D eigenvalue weighted by atomic mass is 9.98. The van der Waals surface area contributed by atoms with Gasteiger partial charge in [-0.2, -0.15) is 0 Å². The third-order valence-electron chi connectivity index (χ3n) is 7.36. The zero-order chi connectivity index (χ0) is 24.4. The molecule has 1 heterocycles. The Hall–Kier alpha value is -3.00. The highest BCUT2D eigenvalue weighted by Gasteiger charge is 2.33. The van der Waals surface area contributed by atoms with Gasteiger partial charge in [0.15, 0.2) is 0 Å². The molecule has 0 bridgehead atoms. The Morgan fingerprint density at radius 3 is 2.40 bits per heavy atom. The lowest BCUT2D eigenvalue weighted by Crippen LogP contribution is -2.45. The molecule has 2 N–H and O–H groups in total. The van der Waals surface area contributed by atoms with Crippen molar-refractivity contribution in [2.24, 2.45) is 5.92 Å². The predicted molar refractivity (Wildman–Crippen MR) is 134 cm³/mol. The van der Waals surface area contributed by atoms with Crippen LogP contribution in [0.15, 0.2) is 48.5 Å². The molecule has 8 heteroatoms.